The van der Waals surface area contributed by atoms with Crippen LogP contribution in [-0.4, -0.2) is 0 Å². The lowest BCUT2D eigenvalue weighted by Gasteiger charge is -2.33. The molecule has 0 amide bonds. The largest absolute Gasteiger partial charge is 0.314 e. The number of hydrogen-bond acceptors (Lipinski definition) is 3. The predicted molar refractivity (Wildman–Crippen MR) is 236 cm³/mol. The first-order valence-electron chi connectivity index (χ1n) is 19.1. The molecule has 1 unspecified atom stereocenters. The molecule has 3 heteroatoms. The fraction of sp³-hybridized carbons (Fsp3) is 0.137. The molecule has 0 radical (unpaired) electrons. The van der Waals surface area contributed by atoms with Crippen molar-refractivity contribution in [1.29, 1.82) is 0 Å². The Morgan fingerprint density at radius 2 is 1.63 bits per heavy atom. The van der Waals surface area contributed by atoms with E-state index >= 15 is 0 Å². The first-order chi connectivity index (χ1) is 26.6. The molecule has 2 nitrogen and oxygen atoms in total. The van der Waals surface area contributed by atoms with Gasteiger partial charge < -0.3 is 9.80 Å². The van der Waals surface area contributed by atoms with Crippen LogP contribution in [0.4, 0.5) is 11.4 Å². The topological polar surface area (TPSA) is 6.48 Å². The van der Waals surface area contributed by atoms with Gasteiger partial charge in [0.15, 0.2) is 0 Å². The molecule has 5 aromatic carbocycles. The Morgan fingerprint density at radius 3 is 2.39 bits per heavy atom. The van der Waals surface area contributed by atoms with E-state index in [2.05, 4.69) is 187 Å². The highest BCUT2D eigenvalue weighted by molar-refractivity contribution is 7.80. The second kappa shape index (κ2) is 15.7. The van der Waals surface area contributed by atoms with Crippen LogP contribution in [0.25, 0.3) is 39.1 Å². The van der Waals surface area contributed by atoms with E-state index in [1.807, 2.05) is 13.0 Å². The van der Waals surface area contributed by atoms with Gasteiger partial charge in [-0.1, -0.05) is 147 Å². The normalized spacial score (nSPS) is 16.5. The summed E-state index contributed by atoms with van der Waals surface area (Å²) < 4.78 is 0. The molecule has 0 saturated heterocycles. The third kappa shape index (κ3) is 6.65. The van der Waals surface area contributed by atoms with Crippen LogP contribution in [-0.2, 0) is 0 Å². The van der Waals surface area contributed by atoms with Crippen molar-refractivity contribution in [1.82, 2.24) is 0 Å². The third-order valence-corrected chi connectivity index (χ3v) is 11.1. The van der Waals surface area contributed by atoms with E-state index < -0.39 is 0 Å². The molecule has 0 fully saturated rings. The van der Waals surface area contributed by atoms with E-state index in [0.29, 0.717) is 0 Å². The smallest absolute Gasteiger partial charge is 0.0508 e. The van der Waals surface area contributed by atoms with Crippen molar-refractivity contribution < 1.29 is 0 Å². The number of allylic oxidation sites excluding steroid dienone is 11. The van der Waals surface area contributed by atoms with Gasteiger partial charge in [0.05, 0.1) is 5.69 Å². The minimum Gasteiger partial charge on any atom is -0.314 e. The standard InChI is InChI=1S/C51H46N2S/c1-4-6-10-17-36(3)52-47-34-33-45(44-26-16-23-40-22-15-21-39(49(40)44)18-7-5-2)51(54)50(47)46-32-31-43(35-48(46)52)53(41-24-13-9-14-25-41)42-29-27-38(28-30-42)37-19-11-8-12-20-37/h4,6-8,10-13,15-31,33-35,46,54H,3,5,9,14,32H2,1-2H3/b6-4-,17-10-,18-7-. The molecule has 5 aromatic rings. The Labute approximate surface area is 326 Å². The summed E-state index contributed by atoms with van der Waals surface area (Å²) in [5, 5.41) is 2.50. The molecule has 0 saturated carbocycles. The third-order valence-electron chi connectivity index (χ3n) is 10.6. The van der Waals surface area contributed by atoms with E-state index in [4.69, 9.17) is 12.6 Å². The maximum Gasteiger partial charge on any atom is 0.0508 e. The van der Waals surface area contributed by atoms with Gasteiger partial charge in [0.25, 0.3) is 0 Å². The molecule has 2 aliphatic carbocycles. The predicted octanol–water partition coefficient (Wildman–Crippen LogP) is 14.3. The van der Waals surface area contributed by atoms with Gasteiger partial charge in [-0.05, 0) is 113 Å². The Hall–Kier alpha value is -5.77. The Bertz CT molecular complexity index is 2430. The van der Waals surface area contributed by atoms with Crippen molar-refractivity contribution in [3.63, 3.8) is 0 Å². The fourth-order valence-electron chi connectivity index (χ4n) is 8.10. The van der Waals surface area contributed by atoms with E-state index in [0.717, 1.165) is 58.9 Å². The van der Waals surface area contributed by atoms with Crippen molar-refractivity contribution in [3.8, 4) is 22.3 Å². The molecule has 3 aliphatic rings. The maximum atomic E-state index is 5.42. The van der Waals surface area contributed by atoms with E-state index in [1.54, 1.807) is 0 Å². The molecule has 0 bridgehead atoms. The van der Waals surface area contributed by atoms with Crippen LogP contribution >= 0.6 is 12.6 Å². The summed E-state index contributed by atoms with van der Waals surface area (Å²) in [5.74, 6) is 0.135. The Morgan fingerprint density at radius 1 is 0.833 bits per heavy atom. The molecule has 0 N–H and O–H groups in total. The van der Waals surface area contributed by atoms with Crippen LogP contribution in [0.2, 0.25) is 0 Å². The molecule has 0 aromatic heterocycles. The summed E-state index contributed by atoms with van der Waals surface area (Å²) in [6.45, 7) is 8.84. The zero-order valence-electron chi connectivity index (χ0n) is 31.1. The van der Waals surface area contributed by atoms with Crippen LogP contribution in [0.3, 0.4) is 0 Å². The number of fused-ring (bicyclic) bond motifs is 4. The number of nitrogens with zero attached hydrogens (tertiary/aromatic N) is 2. The molecule has 1 heterocycles. The van der Waals surface area contributed by atoms with Crippen LogP contribution in [0, 0.1) is 0 Å². The van der Waals surface area contributed by atoms with Gasteiger partial charge >= 0.3 is 0 Å². The molecule has 1 atom stereocenters. The minimum atomic E-state index is 0.135. The number of thiol groups is 1. The van der Waals surface area contributed by atoms with E-state index in [9.17, 15) is 0 Å². The van der Waals surface area contributed by atoms with Crippen molar-refractivity contribution >= 4 is 40.9 Å². The number of benzene rings is 5. The molecule has 266 valence electrons. The van der Waals surface area contributed by atoms with Gasteiger partial charge in [0.2, 0.25) is 0 Å². The maximum absolute atomic E-state index is 5.42. The Kier molecular flexibility index (Phi) is 10.2. The number of rotatable bonds is 10. The van der Waals surface area contributed by atoms with Crippen molar-refractivity contribution in [2.75, 3.05) is 9.80 Å². The highest BCUT2D eigenvalue weighted by Gasteiger charge is 2.39. The van der Waals surface area contributed by atoms with Crippen molar-refractivity contribution in [2.24, 2.45) is 0 Å². The van der Waals surface area contributed by atoms with Crippen LogP contribution in [0.15, 0.2) is 198 Å². The van der Waals surface area contributed by atoms with E-state index in [1.165, 1.54) is 50.0 Å². The highest BCUT2D eigenvalue weighted by atomic mass is 32.1. The summed E-state index contributed by atoms with van der Waals surface area (Å²) in [6, 6.07) is 37.3. The first-order valence-corrected chi connectivity index (χ1v) is 19.6. The molecular weight excluding hydrogens is 673 g/mol. The molecule has 8 rings (SSSR count). The lowest BCUT2D eigenvalue weighted by atomic mass is 9.87. The summed E-state index contributed by atoms with van der Waals surface area (Å²) in [4.78, 5) is 5.81. The van der Waals surface area contributed by atoms with Gasteiger partial charge in [0.1, 0.15) is 0 Å². The summed E-state index contributed by atoms with van der Waals surface area (Å²) in [6.07, 6.45) is 28.4. The molecule has 1 aliphatic heterocycles. The average molecular weight is 719 g/mol. The molecule has 54 heavy (non-hydrogen) atoms. The summed E-state index contributed by atoms with van der Waals surface area (Å²) in [7, 11) is 0. The van der Waals surface area contributed by atoms with Crippen molar-refractivity contribution in [2.45, 2.75) is 50.3 Å². The van der Waals surface area contributed by atoms with Gasteiger partial charge in [-0.3, -0.25) is 0 Å². The van der Waals surface area contributed by atoms with Crippen molar-refractivity contribution in [3.05, 3.63) is 204 Å². The van der Waals surface area contributed by atoms with Crippen LogP contribution < -0.4 is 9.80 Å². The van der Waals surface area contributed by atoms with Gasteiger partial charge in [0, 0.05) is 39.3 Å². The van der Waals surface area contributed by atoms with E-state index in [-0.39, 0.29) is 5.92 Å². The number of anilines is 2. The quantitative estimate of drug-likeness (QED) is 0.113. The molecule has 0 spiro atoms. The summed E-state index contributed by atoms with van der Waals surface area (Å²) >= 11 is 5.42. The fourth-order valence-corrected chi connectivity index (χ4v) is 8.57. The lowest BCUT2D eigenvalue weighted by molar-refractivity contribution is 0.788. The first kappa shape index (κ1) is 35.3. The van der Waals surface area contributed by atoms with Gasteiger partial charge in [-0.15, -0.1) is 12.6 Å². The summed E-state index contributed by atoms with van der Waals surface area (Å²) in [5.41, 5.74) is 14.1. The zero-order valence-corrected chi connectivity index (χ0v) is 32.0. The molecular formula is C51H46N2S. The van der Waals surface area contributed by atoms with Crippen LogP contribution in [0.5, 0.6) is 0 Å². The average Bonchev–Trinajstić information content (AvgIpc) is 3.55. The minimum absolute atomic E-state index is 0.135. The second-order valence-corrected chi connectivity index (χ2v) is 14.5. The highest BCUT2D eigenvalue weighted by Crippen LogP contribution is 2.54. The lowest BCUT2D eigenvalue weighted by Crippen LogP contribution is -2.25. The Balaban J connectivity index is 1.25. The SMILES string of the molecule is C=C(/C=C\C=C/C)N1C2=CC(N(C3=CCCC=C3)c3ccc(-c4ccccc4)cc3)=CCC2c2c1ccc(-c1cccc3cccc(/C=C\CC)c13)c2S. The monoisotopic (exact) mass is 718 g/mol. The van der Waals surface area contributed by atoms with Gasteiger partial charge in [-0.25, -0.2) is 0 Å². The number of hydrogen-bond donors (Lipinski definition) is 1. The van der Waals surface area contributed by atoms with Crippen LogP contribution in [0.1, 0.15) is 56.6 Å². The second-order valence-electron chi connectivity index (χ2n) is 14.0. The van der Waals surface area contributed by atoms with Gasteiger partial charge in [-0.2, -0.15) is 0 Å². The zero-order chi connectivity index (χ0) is 37.0.